The van der Waals surface area contributed by atoms with Crippen LogP contribution in [0.4, 0.5) is 0 Å². The fourth-order valence-electron chi connectivity index (χ4n) is 13.5. The Morgan fingerprint density at radius 2 is 0.466 bits per heavy atom. The molecule has 0 radical (unpaired) electrons. The highest BCUT2D eigenvalue weighted by Gasteiger charge is 2.61. The molecule has 8 aromatic carbocycles. The first-order valence-electron chi connectivity index (χ1n) is 21.0. The van der Waals surface area contributed by atoms with E-state index in [1.54, 1.807) is 0 Å². The Morgan fingerprint density at radius 1 is 0.241 bits per heavy atom. The summed E-state index contributed by atoms with van der Waals surface area (Å²) in [6.07, 6.45) is 5.25. The van der Waals surface area contributed by atoms with Gasteiger partial charge in [-0.05, 0) is 100 Å². The van der Waals surface area contributed by atoms with Crippen molar-refractivity contribution in [2.24, 2.45) is 0 Å². The van der Waals surface area contributed by atoms with Gasteiger partial charge in [0.2, 0.25) is 0 Å². The topological polar surface area (TPSA) is 0 Å². The molecule has 270 valence electrons. The Labute approximate surface area is 339 Å². The second-order valence-electron chi connectivity index (χ2n) is 17.3. The molecule has 0 amide bonds. The monoisotopic (exact) mass is 734 g/mol. The van der Waals surface area contributed by atoms with Crippen molar-refractivity contribution in [3.05, 3.63) is 294 Å². The van der Waals surface area contributed by atoms with Crippen molar-refractivity contribution < 1.29 is 0 Å². The third-order valence-corrected chi connectivity index (χ3v) is 15.2. The zero-order valence-corrected chi connectivity index (χ0v) is 31.9. The average molecular weight is 735 g/mol. The quantitative estimate of drug-likeness (QED) is 0.170. The minimum atomic E-state index is -0.472. The van der Waals surface area contributed by atoms with Crippen LogP contribution in [0, 0.1) is 0 Å². The van der Waals surface area contributed by atoms with Crippen LogP contribution in [0.3, 0.4) is 0 Å². The molecule has 0 N–H and O–H groups in total. The maximum Gasteiger partial charge on any atom is 0.0680 e. The molecule has 0 saturated carbocycles. The van der Waals surface area contributed by atoms with Crippen molar-refractivity contribution in [2.45, 2.75) is 34.5 Å². The van der Waals surface area contributed by atoms with E-state index in [4.69, 9.17) is 0 Å². The van der Waals surface area contributed by atoms with Gasteiger partial charge in [-0.1, -0.05) is 206 Å². The van der Waals surface area contributed by atoms with Gasteiger partial charge in [0.05, 0.1) is 10.8 Å². The largest absolute Gasteiger partial charge is 0.0680 e. The molecule has 0 spiro atoms. The Morgan fingerprint density at radius 3 is 0.741 bits per heavy atom. The van der Waals surface area contributed by atoms with Crippen molar-refractivity contribution in [1.82, 2.24) is 0 Å². The van der Waals surface area contributed by atoms with Crippen molar-refractivity contribution in [3.8, 4) is 0 Å². The van der Waals surface area contributed by atoms with Gasteiger partial charge in [0.25, 0.3) is 0 Å². The van der Waals surface area contributed by atoms with Gasteiger partial charge in [-0.25, -0.2) is 0 Å². The van der Waals surface area contributed by atoms with Crippen LogP contribution in [-0.4, -0.2) is 0 Å². The predicted molar refractivity (Wildman–Crippen MR) is 235 cm³/mol. The molecule has 8 aliphatic rings. The van der Waals surface area contributed by atoms with Crippen LogP contribution in [0.2, 0.25) is 0 Å². The smallest absolute Gasteiger partial charge is 0.0619 e. The molecule has 0 saturated heterocycles. The van der Waals surface area contributed by atoms with E-state index >= 15 is 0 Å². The van der Waals surface area contributed by atoms with Crippen molar-refractivity contribution in [1.29, 1.82) is 0 Å². The van der Waals surface area contributed by atoms with Gasteiger partial charge < -0.3 is 0 Å². The molecular weight excluding hydrogens is 697 g/mol. The zero-order chi connectivity index (χ0) is 37.7. The van der Waals surface area contributed by atoms with E-state index in [1.165, 1.54) is 100 Å². The lowest BCUT2D eigenvalue weighted by atomic mass is 9.46. The summed E-state index contributed by atoms with van der Waals surface area (Å²) in [5.74, 6) is 0.569. The van der Waals surface area contributed by atoms with Crippen LogP contribution in [0.5, 0.6) is 0 Å². The number of hydrogen-bond acceptors (Lipinski definition) is 0. The lowest BCUT2D eigenvalue weighted by Gasteiger charge is -2.55. The highest BCUT2D eigenvalue weighted by atomic mass is 14.6. The number of fused-ring (bicyclic) bond motifs is 2. The molecule has 4 bridgehead atoms. The fourth-order valence-corrected chi connectivity index (χ4v) is 13.5. The zero-order valence-electron chi connectivity index (χ0n) is 31.9. The van der Waals surface area contributed by atoms with E-state index < -0.39 is 10.8 Å². The summed E-state index contributed by atoms with van der Waals surface area (Å²) < 4.78 is 0. The van der Waals surface area contributed by atoms with Gasteiger partial charge in [-0.15, -0.1) is 0 Å². The summed E-state index contributed by atoms with van der Waals surface area (Å²) >= 11 is 0. The summed E-state index contributed by atoms with van der Waals surface area (Å²) in [5, 5.41) is 0. The van der Waals surface area contributed by atoms with Crippen LogP contribution in [0.1, 0.15) is 113 Å². The Kier molecular flexibility index (Phi) is 5.94. The van der Waals surface area contributed by atoms with E-state index in [2.05, 4.69) is 206 Å². The van der Waals surface area contributed by atoms with Crippen LogP contribution >= 0.6 is 0 Å². The Hall–Kier alpha value is -6.76. The van der Waals surface area contributed by atoms with Gasteiger partial charge in [0.1, 0.15) is 0 Å². The number of hydrogen-bond donors (Lipinski definition) is 0. The van der Waals surface area contributed by atoms with Crippen LogP contribution in [0.15, 0.2) is 205 Å². The molecule has 8 aromatic rings. The van der Waals surface area contributed by atoms with Gasteiger partial charge >= 0.3 is 0 Å². The number of allylic oxidation sites excluding steroid dienone is 2. The van der Waals surface area contributed by atoms with Gasteiger partial charge in [-0.3, -0.25) is 0 Å². The van der Waals surface area contributed by atoms with Crippen molar-refractivity contribution in [2.75, 3.05) is 0 Å². The van der Waals surface area contributed by atoms with E-state index in [1.807, 2.05) is 0 Å². The minimum Gasteiger partial charge on any atom is -0.0619 e. The maximum absolute atomic E-state index is 2.62. The highest BCUT2D eigenvalue weighted by Crippen LogP contribution is 2.71. The van der Waals surface area contributed by atoms with E-state index in [0.717, 1.165) is 0 Å². The lowest BCUT2D eigenvalue weighted by Crippen LogP contribution is -2.47. The first-order valence-corrected chi connectivity index (χ1v) is 21.0. The predicted octanol–water partition coefficient (Wildman–Crippen LogP) is 13.0. The summed E-state index contributed by atoms with van der Waals surface area (Å²) in [7, 11) is 0. The summed E-state index contributed by atoms with van der Waals surface area (Å²) in [6, 6.07) is 75.1. The molecule has 16 rings (SSSR count). The third-order valence-electron chi connectivity index (χ3n) is 15.2. The van der Waals surface area contributed by atoms with Crippen LogP contribution < -0.4 is 0 Å². The molecule has 0 unspecified atom stereocenters. The standard InChI is InChI=1S/C58H38/c1-3-19-37-35(17-1)33-51(57-45-27-11-5-21-39(45)53(40-22-6-12-28-46(40)57)41-23-7-13-29-47(41)57)55(37)56-38-20-4-2-18-36(38)34-52(56)58-48-30-14-8-24-42(48)54(43-25-9-15-31-49(43)58)44-26-10-16-32-50(44)58/h1-34,53-56H/t53?,54?,55-,56-,57?,58?/m0/s1. The van der Waals surface area contributed by atoms with Crippen molar-refractivity contribution >= 4 is 12.2 Å². The first kappa shape index (κ1) is 31.3. The Balaban J connectivity index is 1.12. The molecule has 0 nitrogen and oxygen atoms in total. The van der Waals surface area contributed by atoms with E-state index in [9.17, 15) is 0 Å². The van der Waals surface area contributed by atoms with Crippen LogP contribution in [-0.2, 0) is 10.8 Å². The molecule has 0 aliphatic heterocycles. The summed E-state index contributed by atoms with van der Waals surface area (Å²) in [5.41, 5.74) is 24.9. The molecule has 0 aromatic heterocycles. The molecule has 58 heavy (non-hydrogen) atoms. The first-order chi connectivity index (χ1) is 28.8. The average Bonchev–Trinajstić information content (AvgIpc) is 3.87. The number of rotatable bonds is 3. The highest BCUT2D eigenvalue weighted by molar-refractivity contribution is 5.87. The van der Waals surface area contributed by atoms with Gasteiger partial charge in [-0.2, -0.15) is 0 Å². The summed E-state index contributed by atoms with van der Waals surface area (Å²) in [4.78, 5) is 0. The van der Waals surface area contributed by atoms with Gasteiger partial charge in [0, 0.05) is 23.7 Å². The normalized spacial score (nSPS) is 25.2. The molecule has 0 fully saturated rings. The van der Waals surface area contributed by atoms with Crippen LogP contribution in [0.25, 0.3) is 12.2 Å². The van der Waals surface area contributed by atoms with Crippen molar-refractivity contribution in [3.63, 3.8) is 0 Å². The molecule has 0 heteroatoms. The number of benzene rings is 8. The van der Waals surface area contributed by atoms with E-state index in [0.29, 0.717) is 0 Å². The maximum atomic E-state index is 2.62. The second-order valence-corrected chi connectivity index (χ2v) is 17.3. The lowest BCUT2D eigenvalue weighted by molar-refractivity contribution is 0.515. The van der Waals surface area contributed by atoms with Gasteiger partial charge in [0.15, 0.2) is 0 Å². The Bertz CT molecular complexity index is 2720. The third kappa shape index (κ3) is 3.49. The SMILES string of the molecule is C1=C(C23c4ccccc4C(c4ccccc42)c2ccccc23)[C@@H]([C@@H]2C(C34c5ccccc5C(c5ccccc53)c3ccccc34)=Cc3ccccc32)c2ccccc21. The molecular formula is C58H38. The molecule has 2 atom stereocenters. The fraction of sp³-hybridized carbons (Fsp3) is 0.103. The molecule has 8 aliphatic carbocycles. The second kappa shape index (κ2) is 11.0. The molecule has 0 heterocycles. The summed E-state index contributed by atoms with van der Waals surface area (Å²) in [6.45, 7) is 0. The van der Waals surface area contributed by atoms with E-state index in [-0.39, 0.29) is 23.7 Å². The minimum absolute atomic E-state index is 0.0652.